The largest absolute Gasteiger partial charge is 0.394 e. The molecule has 1 fully saturated rings. The predicted molar refractivity (Wildman–Crippen MR) is 50.7 cm³/mol. The minimum Gasteiger partial charge on any atom is -0.394 e. The molecule has 0 amide bonds. The Labute approximate surface area is 83.4 Å². The molecule has 0 radical (unpaired) electrons. The molecule has 14 heavy (non-hydrogen) atoms. The van der Waals surface area contributed by atoms with Crippen LogP contribution < -0.4 is 5.32 Å². The third kappa shape index (κ3) is 2.65. The molecule has 5 atom stereocenters. The van der Waals surface area contributed by atoms with Crippen LogP contribution in [0.4, 0.5) is 0 Å². The first-order valence-corrected chi connectivity index (χ1v) is 4.94. The molecule has 0 aliphatic carbocycles. The summed E-state index contributed by atoms with van der Waals surface area (Å²) < 4.78 is 0. The first-order chi connectivity index (χ1) is 6.56. The lowest BCUT2D eigenvalue weighted by atomic mass is 9.93. The highest BCUT2D eigenvalue weighted by molar-refractivity contribution is 4.88. The van der Waals surface area contributed by atoms with E-state index in [-0.39, 0.29) is 5.92 Å². The van der Waals surface area contributed by atoms with Crippen LogP contribution in [0.2, 0.25) is 0 Å². The standard InChI is InChI=1S/C9H19NO4/c1-5-2-6(3-10-5)8(13)9(14)7(12)4-11/h5-14H,2-4H2,1H3/t5-,6-,7+,8+,9+/m0/s1. The van der Waals surface area contributed by atoms with Gasteiger partial charge in [0.15, 0.2) is 0 Å². The summed E-state index contributed by atoms with van der Waals surface area (Å²) in [5.41, 5.74) is 0. The summed E-state index contributed by atoms with van der Waals surface area (Å²) in [4.78, 5) is 0. The highest BCUT2D eigenvalue weighted by atomic mass is 16.4. The smallest absolute Gasteiger partial charge is 0.108 e. The highest BCUT2D eigenvalue weighted by Crippen LogP contribution is 2.20. The molecule has 0 unspecified atom stereocenters. The Morgan fingerprint density at radius 3 is 2.43 bits per heavy atom. The minimum atomic E-state index is -1.27. The number of aliphatic hydroxyl groups is 4. The Balaban J connectivity index is 2.43. The van der Waals surface area contributed by atoms with E-state index in [9.17, 15) is 10.2 Å². The van der Waals surface area contributed by atoms with Crippen molar-refractivity contribution in [1.82, 2.24) is 5.32 Å². The molecule has 0 aromatic heterocycles. The lowest BCUT2D eigenvalue weighted by molar-refractivity contribution is -0.0922. The van der Waals surface area contributed by atoms with E-state index in [1.807, 2.05) is 6.92 Å². The molecular weight excluding hydrogens is 186 g/mol. The summed E-state index contributed by atoms with van der Waals surface area (Å²) in [6.45, 7) is 2.10. The fraction of sp³-hybridized carbons (Fsp3) is 1.00. The van der Waals surface area contributed by atoms with Crippen molar-refractivity contribution in [3.63, 3.8) is 0 Å². The molecule has 5 nitrogen and oxygen atoms in total. The molecule has 1 aliphatic heterocycles. The second-order valence-electron chi connectivity index (χ2n) is 4.04. The zero-order valence-corrected chi connectivity index (χ0v) is 8.30. The van der Waals surface area contributed by atoms with Crippen LogP contribution >= 0.6 is 0 Å². The van der Waals surface area contributed by atoms with Crippen LogP contribution in [-0.4, -0.2) is 57.9 Å². The van der Waals surface area contributed by atoms with Crippen LogP contribution in [0, 0.1) is 5.92 Å². The van der Waals surface area contributed by atoms with Crippen molar-refractivity contribution in [2.45, 2.75) is 37.7 Å². The van der Waals surface area contributed by atoms with Gasteiger partial charge in [-0.25, -0.2) is 0 Å². The van der Waals surface area contributed by atoms with Crippen molar-refractivity contribution in [1.29, 1.82) is 0 Å². The molecular formula is C9H19NO4. The van der Waals surface area contributed by atoms with Gasteiger partial charge < -0.3 is 25.7 Å². The van der Waals surface area contributed by atoms with Crippen molar-refractivity contribution < 1.29 is 20.4 Å². The maximum atomic E-state index is 9.68. The third-order valence-electron chi connectivity index (χ3n) is 2.80. The molecule has 1 aliphatic rings. The van der Waals surface area contributed by atoms with E-state index < -0.39 is 24.9 Å². The fourth-order valence-electron chi connectivity index (χ4n) is 1.85. The summed E-state index contributed by atoms with van der Waals surface area (Å²) in [5, 5.41) is 40.0. The number of aliphatic hydroxyl groups excluding tert-OH is 4. The monoisotopic (exact) mass is 205 g/mol. The molecule has 84 valence electrons. The molecule has 0 bridgehead atoms. The zero-order chi connectivity index (χ0) is 10.7. The van der Waals surface area contributed by atoms with E-state index in [1.54, 1.807) is 0 Å². The number of hydrogen-bond donors (Lipinski definition) is 5. The van der Waals surface area contributed by atoms with Crippen LogP contribution in [0.3, 0.4) is 0 Å². The summed E-state index contributed by atoms with van der Waals surface area (Å²) >= 11 is 0. The first-order valence-electron chi connectivity index (χ1n) is 4.94. The third-order valence-corrected chi connectivity index (χ3v) is 2.80. The Bertz CT molecular complexity index is 176. The van der Waals surface area contributed by atoms with Crippen molar-refractivity contribution in [3.05, 3.63) is 0 Å². The van der Waals surface area contributed by atoms with Gasteiger partial charge in [-0.1, -0.05) is 0 Å². The van der Waals surface area contributed by atoms with Gasteiger partial charge in [-0.3, -0.25) is 0 Å². The lowest BCUT2D eigenvalue weighted by Gasteiger charge is -2.25. The molecule has 0 aromatic carbocycles. The average molecular weight is 205 g/mol. The molecule has 0 aromatic rings. The van der Waals surface area contributed by atoms with Crippen LogP contribution in [0.25, 0.3) is 0 Å². The summed E-state index contributed by atoms with van der Waals surface area (Å²) in [6, 6.07) is 0.327. The van der Waals surface area contributed by atoms with E-state index in [4.69, 9.17) is 10.2 Å². The molecule has 1 saturated heterocycles. The van der Waals surface area contributed by atoms with Gasteiger partial charge in [0, 0.05) is 18.5 Å². The summed E-state index contributed by atoms with van der Waals surface area (Å²) in [6.07, 6.45) is -2.73. The fourth-order valence-corrected chi connectivity index (χ4v) is 1.85. The quantitative estimate of drug-likeness (QED) is 0.368. The van der Waals surface area contributed by atoms with Gasteiger partial charge in [-0.15, -0.1) is 0 Å². The van der Waals surface area contributed by atoms with Crippen molar-refractivity contribution in [2.75, 3.05) is 13.2 Å². The maximum absolute atomic E-state index is 9.68. The maximum Gasteiger partial charge on any atom is 0.108 e. The van der Waals surface area contributed by atoms with E-state index in [0.29, 0.717) is 12.6 Å². The van der Waals surface area contributed by atoms with E-state index in [1.165, 1.54) is 0 Å². The van der Waals surface area contributed by atoms with Gasteiger partial charge in [-0.2, -0.15) is 0 Å². The number of hydrogen-bond acceptors (Lipinski definition) is 5. The minimum absolute atomic E-state index is 0.0544. The van der Waals surface area contributed by atoms with Crippen molar-refractivity contribution in [3.8, 4) is 0 Å². The van der Waals surface area contributed by atoms with Crippen molar-refractivity contribution in [2.24, 2.45) is 5.92 Å². The molecule has 5 N–H and O–H groups in total. The molecule has 1 heterocycles. The topological polar surface area (TPSA) is 93.0 Å². The Morgan fingerprint density at radius 1 is 1.36 bits per heavy atom. The molecule has 5 heteroatoms. The van der Waals surface area contributed by atoms with Gasteiger partial charge in [-0.05, 0) is 13.3 Å². The highest BCUT2D eigenvalue weighted by Gasteiger charge is 2.34. The molecule has 0 spiro atoms. The lowest BCUT2D eigenvalue weighted by Crippen LogP contribution is -2.44. The van der Waals surface area contributed by atoms with Crippen LogP contribution in [-0.2, 0) is 0 Å². The Morgan fingerprint density at radius 2 is 2.00 bits per heavy atom. The van der Waals surface area contributed by atoms with Gasteiger partial charge >= 0.3 is 0 Å². The normalized spacial score (nSPS) is 34.1. The van der Waals surface area contributed by atoms with Crippen LogP contribution in [0.1, 0.15) is 13.3 Å². The zero-order valence-electron chi connectivity index (χ0n) is 8.30. The van der Waals surface area contributed by atoms with Crippen molar-refractivity contribution >= 4 is 0 Å². The summed E-state index contributed by atoms with van der Waals surface area (Å²) in [5.74, 6) is -0.0544. The molecule has 1 rings (SSSR count). The summed E-state index contributed by atoms with van der Waals surface area (Å²) in [7, 11) is 0. The van der Waals surface area contributed by atoms with Gasteiger partial charge in [0.05, 0.1) is 12.7 Å². The molecule has 0 saturated carbocycles. The SMILES string of the molecule is C[C@H]1C[C@H]([C@@H](O)[C@H](O)[C@H](O)CO)CN1. The van der Waals surface area contributed by atoms with E-state index >= 15 is 0 Å². The second kappa shape index (κ2) is 5.04. The number of nitrogens with one attached hydrogen (secondary N) is 1. The van der Waals surface area contributed by atoms with Crippen LogP contribution in [0.15, 0.2) is 0 Å². The average Bonchev–Trinajstić information content (AvgIpc) is 2.61. The first kappa shape index (κ1) is 11.9. The predicted octanol–water partition coefficient (Wildman–Crippen LogP) is -1.94. The Kier molecular flexibility index (Phi) is 4.28. The number of rotatable bonds is 4. The van der Waals surface area contributed by atoms with Crippen LogP contribution in [0.5, 0.6) is 0 Å². The Hall–Kier alpha value is -0.200. The van der Waals surface area contributed by atoms with E-state index in [0.717, 1.165) is 6.42 Å². The van der Waals surface area contributed by atoms with Gasteiger partial charge in [0.1, 0.15) is 12.2 Å². The second-order valence-corrected chi connectivity index (χ2v) is 4.04. The van der Waals surface area contributed by atoms with E-state index in [2.05, 4.69) is 5.32 Å². The van der Waals surface area contributed by atoms with Gasteiger partial charge in [0.25, 0.3) is 0 Å². The van der Waals surface area contributed by atoms with Gasteiger partial charge in [0.2, 0.25) is 0 Å².